The van der Waals surface area contributed by atoms with E-state index in [2.05, 4.69) is 67.8 Å². The van der Waals surface area contributed by atoms with Crippen LogP contribution in [0.1, 0.15) is 200 Å². The molecule has 0 aliphatic rings. The van der Waals surface area contributed by atoms with Gasteiger partial charge in [0.2, 0.25) is 5.91 Å². The van der Waals surface area contributed by atoms with Crippen LogP contribution in [0.2, 0.25) is 0 Å². The minimum absolute atomic E-state index is 0.0703. The number of hydrogen-bond donors (Lipinski definition) is 4. The number of aliphatic hydroxyl groups is 1. The number of nitrogens with one attached hydrogen (secondary N) is 1. The average molecular weight is 807 g/mol. The monoisotopic (exact) mass is 807 g/mol. The topological polar surface area (TPSA) is 131 Å². The summed E-state index contributed by atoms with van der Waals surface area (Å²) >= 11 is 0. The summed E-state index contributed by atoms with van der Waals surface area (Å²) in [6.07, 6.45) is 54.2. The Labute approximate surface area is 344 Å². The summed E-state index contributed by atoms with van der Waals surface area (Å²) in [6, 6.07) is -0.883. The van der Waals surface area contributed by atoms with Crippen molar-refractivity contribution in [2.45, 2.75) is 212 Å². The van der Waals surface area contributed by atoms with Crippen LogP contribution in [-0.4, -0.2) is 47.8 Å². The molecule has 0 saturated carbocycles. The zero-order chi connectivity index (χ0) is 41.1. The predicted octanol–water partition coefficient (Wildman–Crippen LogP) is 13.1. The number of phosphoric ester groups is 1. The van der Waals surface area contributed by atoms with Gasteiger partial charge < -0.3 is 21.1 Å². The second-order valence-corrected chi connectivity index (χ2v) is 16.7. The molecule has 0 aliphatic heterocycles. The molecule has 3 unspecified atom stereocenters. The number of carbonyl (C=O) groups excluding carboxylic acids is 1. The summed E-state index contributed by atoms with van der Waals surface area (Å²) in [4.78, 5) is 22.7. The van der Waals surface area contributed by atoms with Gasteiger partial charge in [-0.05, 0) is 70.6 Å². The van der Waals surface area contributed by atoms with Gasteiger partial charge in [-0.1, -0.05) is 184 Å². The van der Waals surface area contributed by atoms with E-state index in [1.54, 1.807) is 6.08 Å². The molecular weight excluding hydrogens is 719 g/mol. The van der Waals surface area contributed by atoms with E-state index in [1.165, 1.54) is 122 Å². The lowest BCUT2D eigenvalue weighted by atomic mass is 10.1. The number of hydrogen-bond acceptors (Lipinski definition) is 6. The maximum absolute atomic E-state index is 12.8. The third-order valence-corrected chi connectivity index (χ3v) is 10.8. The van der Waals surface area contributed by atoms with Crippen LogP contribution in [0.4, 0.5) is 0 Å². The summed E-state index contributed by atoms with van der Waals surface area (Å²) in [5.74, 6) is -0.213. The second kappa shape index (κ2) is 42.8. The van der Waals surface area contributed by atoms with E-state index in [-0.39, 0.29) is 25.7 Å². The van der Waals surface area contributed by atoms with Gasteiger partial charge in [0.15, 0.2) is 0 Å². The van der Waals surface area contributed by atoms with Crippen molar-refractivity contribution in [3.8, 4) is 0 Å². The SMILES string of the molecule is CCCCCCC/C=C\C/C=C\C/C=C\CCCCCCCCCCC(=O)NC(COP(=O)(O)OCCN)C(O)/C=C/CC/C=C/CCCCCCCCCC. The fourth-order valence-corrected chi connectivity index (χ4v) is 7.09. The quantitative estimate of drug-likeness (QED) is 0.0274. The summed E-state index contributed by atoms with van der Waals surface area (Å²) in [7, 11) is -4.35. The van der Waals surface area contributed by atoms with Crippen molar-refractivity contribution in [3.05, 3.63) is 60.8 Å². The largest absolute Gasteiger partial charge is 0.472 e. The molecule has 0 heterocycles. The first-order valence-electron chi connectivity index (χ1n) is 22.9. The Balaban J connectivity index is 4.20. The fraction of sp³-hybridized carbons (Fsp3) is 0.766. The van der Waals surface area contributed by atoms with Crippen molar-refractivity contribution in [2.24, 2.45) is 5.73 Å². The first-order valence-corrected chi connectivity index (χ1v) is 24.4. The lowest BCUT2D eigenvalue weighted by Gasteiger charge is -2.23. The highest BCUT2D eigenvalue weighted by Gasteiger charge is 2.26. The minimum Gasteiger partial charge on any atom is -0.387 e. The van der Waals surface area contributed by atoms with Crippen molar-refractivity contribution in [3.63, 3.8) is 0 Å². The van der Waals surface area contributed by atoms with E-state index < -0.39 is 20.0 Å². The standard InChI is InChI=1S/C47H87N2O6P/c1-3-5-7-9-11-13-15-17-19-20-21-22-23-24-25-26-27-29-31-33-35-37-39-41-47(51)49-45(44-55-56(52,53)54-43-42-48)46(50)40-38-36-34-32-30-28-18-16-14-12-10-8-6-4-2/h15,17,20-21,23-24,30,32,38,40,45-46,50H,3-14,16,18-19,22,25-29,31,33-37,39,41-44,48H2,1-2H3,(H,49,51)(H,52,53)/b17-15-,21-20-,24-23-,32-30+,40-38+. The number of nitrogens with two attached hydrogens (primary N) is 1. The number of amides is 1. The van der Waals surface area contributed by atoms with Gasteiger partial charge in [0, 0.05) is 13.0 Å². The van der Waals surface area contributed by atoms with Gasteiger partial charge in [-0.25, -0.2) is 4.57 Å². The number of phosphoric acid groups is 1. The van der Waals surface area contributed by atoms with E-state index in [4.69, 9.17) is 14.8 Å². The molecule has 1 amide bonds. The molecule has 9 heteroatoms. The van der Waals surface area contributed by atoms with E-state index >= 15 is 0 Å². The molecule has 0 radical (unpaired) electrons. The highest BCUT2D eigenvalue weighted by Crippen LogP contribution is 2.43. The molecule has 3 atom stereocenters. The molecule has 0 spiro atoms. The van der Waals surface area contributed by atoms with Crippen LogP contribution in [0.3, 0.4) is 0 Å². The Morgan fingerprint density at radius 1 is 0.589 bits per heavy atom. The third kappa shape index (κ3) is 40.4. The molecule has 0 saturated heterocycles. The van der Waals surface area contributed by atoms with Crippen LogP contribution in [0.25, 0.3) is 0 Å². The zero-order valence-corrected chi connectivity index (χ0v) is 37.0. The van der Waals surface area contributed by atoms with E-state index in [0.29, 0.717) is 6.42 Å². The van der Waals surface area contributed by atoms with Gasteiger partial charge in [-0.2, -0.15) is 0 Å². The minimum atomic E-state index is -4.35. The second-order valence-electron chi connectivity index (χ2n) is 15.2. The number of rotatable bonds is 42. The van der Waals surface area contributed by atoms with Crippen LogP contribution in [0.5, 0.6) is 0 Å². The lowest BCUT2D eigenvalue weighted by Crippen LogP contribution is -2.45. The molecule has 5 N–H and O–H groups in total. The van der Waals surface area contributed by atoms with Crippen molar-refractivity contribution in [2.75, 3.05) is 19.8 Å². The van der Waals surface area contributed by atoms with E-state index in [0.717, 1.165) is 57.8 Å². The first-order chi connectivity index (χ1) is 27.4. The van der Waals surface area contributed by atoms with Crippen LogP contribution < -0.4 is 11.1 Å². The Hall–Kier alpha value is -1.80. The molecule has 8 nitrogen and oxygen atoms in total. The van der Waals surface area contributed by atoms with Crippen LogP contribution in [-0.2, 0) is 18.4 Å². The van der Waals surface area contributed by atoms with Crippen molar-refractivity contribution < 1.29 is 28.4 Å². The fourth-order valence-electron chi connectivity index (χ4n) is 6.33. The van der Waals surface area contributed by atoms with Crippen LogP contribution in [0, 0.1) is 0 Å². The highest BCUT2D eigenvalue weighted by atomic mass is 31.2. The average Bonchev–Trinajstić information content (AvgIpc) is 3.19. The van der Waals surface area contributed by atoms with Crippen LogP contribution in [0.15, 0.2) is 60.8 Å². The number of carbonyl (C=O) groups is 1. The van der Waals surface area contributed by atoms with Gasteiger partial charge in [0.25, 0.3) is 0 Å². The number of aliphatic hydroxyl groups excluding tert-OH is 1. The third-order valence-electron chi connectivity index (χ3n) is 9.82. The van der Waals surface area contributed by atoms with E-state index in [1.807, 2.05) is 6.08 Å². The molecule has 0 aromatic rings. The van der Waals surface area contributed by atoms with Crippen molar-refractivity contribution >= 4 is 13.7 Å². The molecular formula is C47H87N2O6P. The van der Waals surface area contributed by atoms with Gasteiger partial charge >= 0.3 is 7.82 Å². The summed E-state index contributed by atoms with van der Waals surface area (Å²) < 4.78 is 22.1. The molecule has 0 bridgehead atoms. The molecule has 326 valence electrons. The molecule has 0 aromatic heterocycles. The van der Waals surface area contributed by atoms with E-state index in [9.17, 15) is 19.4 Å². The Kier molecular flexibility index (Phi) is 41.4. The Morgan fingerprint density at radius 3 is 1.50 bits per heavy atom. The van der Waals surface area contributed by atoms with Crippen LogP contribution >= 0.6 is 7.82 Å². The number of unbranched alkanes of at least 4 members (excludes halogenated alkanes) is 22. The molecule has 0 rings (SSSR count). The normalized spacial score (nSPS) is 14.6. The zero-order valence-electron chi connectivity index (χ0n) is 36.1. The molecule has 0 aromatic carbocycles. The maximum atomic E-state index is 12.8. The van der Waals surface area contributed by atoms with Gasteiger partial charge in [-0.15, -0.1) is 0 Å². The van der Waals surface area contributed by atoms with Gasteiger partial charge in [0.05, 0.1) is 25.4 Å². The maximum Gasteiger partial charge on any atom is 0.472 e. The smallest absolute Gasteiger partial charge is 0.387 e. The summed E-state index contributed by atoms with van der Waals surface area (Å²) in [5.41, 5.74) is 5.37. The Bertz CT molecular complexity index is 1060. The van der Waals surface area contributed by atoms with Crippen molar-refractivity contribution in [1.29, 1.82) is 0 Å². The molecule has 0 fully saturated rings. The first kappa shape index (κ1) is 54.2. The van der Waals surface area contributed by atoms with Crippen molar-refractivity contribution in [1.82, 2.24) is 5.32 Å². The highest BCUT2D eigenvalue weighted by molar-refractivity contribution is 7.47. The summed E-state index contributed by atoms with van der Waals surface area (Å²) in [5, 5.41) is 13.6. The molecule has 0 aliphatic carbocycles. The predicted molar refractivity (Wildman–Crippen MR) is 240 cm³/mol. The van der Waals surface area contributed by atoms with Gasteiger partial charge in [-0.3, -0.25) is 13.8 Å². The summed E-state index contributed by atoms with van der Waals surface area (Å²) in [6.45, 7) is 4.08. The molecule has 56 heavy (non-hydrogen) atoms. The number of allylic oxidation sites excluding steroid dienone is 9. The Morgan fingerprint density at radius 2 is 1.00 bits per heavy atom. The van der Waals surface area contributed by atoms with Gasteiger partial charge in [0.1, 0.15) is 0 Å². The lowest BCUT2D eigenvalue weighted by molar-refractivity contribution is -0.123.